The summed E-state index contributed by atoms with van der Waals surface area (Å²) in [7, 11) is 2.10. The van der Waals surface area contributed by atoms with Crippen LogP contribution in [0.2, 0.25) is 0 Å². The van der Waals surface area contributed by atoms with Crippen LogP contribution in [0.1, 0.15) is 66.9 Å². The van der Waals surface area contributed by atoms with Gasteiger partial charge in [0.15, 0.2) is 17.3 Å². The highest BCUT2D eigenvalue weighted by atomic mass is 16.2. The van der Waals surface area contributed by atoms with Gasteiger partial charge in [-0.1, -0.05) is 61.7 Å². The lowest BCUT2D eigenvalue weighted by atomic mass is 9.95. The molecule has 1 saturated carbocycles. The van der Waals surface area contributed by atoms with E-state index in [2.05, 4.69) is 57.1 Å². The number of likely N-dealkylation sites (N-methyl/N-ethyl adjacent to an activating group) is 1. The first-order chi connectivity index (χ1) is 21.6. The maximum atomic E-state index is 13.2. The van der Waals surface area contributed by atoms with E-state index in [1.807, 2.05) is 35.5 Å². The number of piperazine rings is 1. The summed E-state index contributed by atoms with van der Waals surface area (Å²) in [4.78, 5) is 35.0. The maximum Gasteiger partial charge on any atom is 0.253 e. The van der Waals surface area contributed by atoms with Gasteiger partial charge in [-0.2, -0.15) is 0 Å². The van der Waals surface area contributed by atoms with E-state index in [0.717, 1.165) is 94.0 Å². The summed E-state index contributed by atoms with van der Waals surface area (Å²) in [6.07, 6.45) is 10.2. The molecule has 2 saturated heterocycles. The average molecular weight is 593 g/mol. The minimum atomic E-state index is 0.0948. The second-order valence-electron chi connectivity index (χ2n) is 12.9. The van der Waals surface area contributed by atoms with E-state index in [-0.39, 0.29) is 5.91 Å². The van der Waals surface area contributed by atoms with Gasteiger partial charge in [0.05, 0.1) is 6.33 Å². The second-order valence-corrected chi connectivity index (χ2v) is 12.9. The van der Waals surface area contributed by atoms with Gasteiger partial charge in [-0.15, -0.1) is 0 Å². The Labute approximate surface area is 260 Å². The molecule has 1 amide bonds. The van der Waals surface area contributed by atoms with Gasteiger partial charge in [0.1, 0.15) is 5.52 Å². The van der Waals surface area contributed by atoms with Crippen molar-refractivity contribution in [3.8, 4) is 11.4 Å². The molecule has 1 N–H and O–H groups in total. The van der Waals surface area contributed by atoms with Crippen LogP contribution >= 0.6 is 0 Å². The van der Waals surface area contributed by atoms with Crippen molar-refractivity contribution in [1.29, 1.82) is 0 Å². The molecule has 4 heterocycles. The van der Waals surface area contributed by atoms with Gasteiger partial charge >= 0.3 is 0 Å². The highest BCUT2D eigenvalue weighted by Crippen LogP contribution is 2.33. The molecule has 0 unspecified atom stereocenters. The van der Waals surface area contributed by atoms with E-state index in [4.69, 9.17) is 15.0 Å². The predicted octanol–water partition coefficient (Wildman–Crippen LogP) is 5.46. The minimum Gasteiger partial charge on any atom is -0.365 e. The molecule has 0 radical (unpaired) electrons. The van der Waals surface area contributed by atoms with Crippen molar-refractivity contribution in [3.63, 3.8) is 0 Å². The van der Waals surface area contributed by atoms with Gasteiger partial charge in [-0.3, -0.25) is 9.69 Å². The highest BCUT2D eigenvalue weighted by Gasteiger charge is 2.25. The first-order valence-electron chi connectivity index (χ1n) is 16.5. The lowest BCUT2D eigenvalue weighted by molar-refractivity contribution is 0.0664. The Morgan fingerprint density at radius 3 is 2.30 bits per heavy atom. The smallest absolute Gasteiger partial charge is 0.253 e. The number of benzene rings is 2. The SMILES string of the molecule is CN1CCN(C(=O)c2ccc(-c3nc(NC4CCN(Cc5ccccc5)CC4)c4ncn(C5CCCCC5)c4n3)cc2)CC1. The third-order valence-electron chi connectivity index (χ3n) is 9.75. The summed E-state index contributed by atoms with van der Waals surface area (Å²) in [6, 6.07) is 19.3. The summed E-state index contributed by atoms with van der Waals surface area (Å²) >= 11 is 0. The number of amides is 1. The first kappa shape index (κ1) is 28.9. The second kappa shape index (κ2) is 13.0. The van der Waals surface area contributed by atoms with Gasteiger partial charge in [0, 0.05) is 69.0 Å². The summed E-state index contributed by atoms with van der Waals surface area (Å²) in [6.45, 7) is 6.45. The molecule has 230 valence electrons. The van der Waals surface area contributed by atoms with Crippen molar-refractivity contribution in [2.45, 2.75) is 63.6 Å². The normalized spacial score (nSPS) is 19.4. The summed E-state index contributed by atoms with van der Waals surface area (Å²) in [5.74, 6) is 1.59. The highest BCUT2D eigenvalue weighted by molar-refractivity contribution is 5.95. The number of hydrogen-bond acceptors (Lipinski definition) is 7. The Bertz CT molecular complexity index is 1550. The summed E-state index contributed by atoms with van der Waals surface area (Å²) in [5.41, 5.74) is 4.76. The fourth-order valence-corrected chi connectivity index (χ4v) is 7.00. The van der Waals surface area contributed by atoms with Gasteiger partial charge < -0.3 is 19.7 Å². The number of nitrogens with one attached hydrogen (secondary N) is 1. The number of rotatable bonds is 7. The zero-order valence-corrected chi connectivity index (χ0v) is 25.9. The van der Waals surface area contributed by atoms with E-state index in [1.54, 1.807) is 0 Å². The molecular formula is C35H44N8O. The monoisotopic (exact) mass is 592 g/mol. The van der Waals surface area contributed by atoms with Crippen molar-refractivity contribution in [2.24, 2.45) is 0 Å². The van der Waals surface area contributed by atoms with E-state index in [1.165, 1.54) is 24.8 Å². The number of piperidine rings is 1. The molecule has 9 heteroatoms. The number of anilines is 1. The topological polar surface area (TPSA) is 82.4 Å². The predicted molar refractivity (Wildman–Crippen MR) is 175 cm³/mol. The van der Waals surface area contributed by atoms with E-state index >= 15 is 0 Å². The summed E-state index contributed by atoms with van der Waals surface area (Å²) < 4.78 is 2.29. The van der Waals surface area contributed by atoms with E-state index in [9.17, 15) is 4.79 Å². The Kier molecular flexibility index (Phi) is 8.57. The van der Waals surface area contributed by atoms with Crippen LogP contribution in [0.25, 0.3) is 22.6 Å². The number of aromatic nitrogens is 4. The van der Waals surface area contributed by atoms with Crippen molar-refractivity contribution in [1.82, 2.24) is 34.2 Å². The molecule has 7 rings (SSSR count). The molecule has 4 aromatic rings. The molecule has 1 aliphatic carbocycles. The van der Waals surface area contributed by atoms with E-state index < -0.39 is 0 Å². The number of carbonyl (C=O) groups is 1. The fourth-order valence-electron chi connectivity index (χ4n) is 7.00. The van der Waals surface area contributed by atoms with Crippen LogP contribution in [0.15, 0.2) is 60.9 Å². The molecule has 2 aromatic heterocycles. The van der Waals surface area contributed by atoms with E-state index in [0.29, 0.717) is 23.5 Å². The maximum absolute atomic E-state index is 13.2. The molecular weight excluding hydrogens is 548 g/mol. The molecule has 44 heavy (non-hydrogen) atoms. The number of carbonyl (C=O) groups excluding carboxylic acids is 1. The molecule has 3 fully saturated rings. The molecule has 2 aliphatic heterocycles. The third-order valence-corrected chi connectivity index (χ3v) is 9.75. The third kappa shape index (κ3) is 6.35. The quantitative estimate of drug-likeness (QED) is 0.305. The molecule has 0 atom stereocenters. The van der Waals surface area contributed by atoms with Crippen LogP contribution in [-0.4, -0.2) is 92.5 Å². The van der Waals surface area contributed by atoms with Gasteiger partial charge in [-0.25, -0.2) is 15.0 Å². The van der Waals surface area contributed by atoms with Crippen LogP contribution in [0, 0.1) is 0 Å². The lowest BCUT2D eigenvalue weighted by Gasteiger charge is -2.32. The van der Waals surface area contributed by atoms with Gasteiger partial charge in [-0.05, 0) is 50.4 Å². The number of imidazole rings is 1. The van der Waals surface area contributed by atoms with Crippen LogP contribution < -0.4 is 5.32 Å². The number of likely N-dealkylation sites (tertiary alicyclic amines) is 1. The first-order valence-corrected chi connectivity index (χ1v) is 16.5. The largest absolute Gasteiger partial charge is 0.365 e. The van der Waals surface area contributed by atoms with Crippen molar-refractivity contribution >= 4 is 22.9 Å². The van der Waals surface area contributed by atoms with Crippen molar-refractivity contribution in [3.05, 3.63) is 72.1 Å². The molecule has 9 nitrogen and oxygen atoms in total. The number of hydrogen-bond donors (Lipinski definition) is 1. The molecule has 2 aromatic carbocycles. The van der Waals surface area contributed by atoms with Gasteiger partial charge in [0.25, 0.3) is 5.91 Å². The van der Waals surface area contributed by atoms with Gasteiger partial charge in [0.2, 0.25) is 0 Å². The Balaban J connectivity index is 1.13. The number of fused-ring (bicyclic) bond motifs is 1. The number of nitrogens with zero attached hydrogens (tertiary/aromatic N) is 7. The summed E-state index contributed by atoms with van der Waals surface area (Å²) in [5, 5.41) is 3.79. The van der Waals surface area contributed by atoms with Crippen LogP contribution in [0.3, 0.4) is 0 Å². The fraction of sp³-hybridized carbons (Fsp3) is 0.486. The van der Waals surface area contributed by atoms with Crippen molar-refractivity contribution in [2.75, 3.05) is 51.6 Å². The Morgan fingerprint density at radius 2 is 1.57 bits per heavy atom. The lowest BCUT2D eigenvalue weighted by Crippen LogP contribution is -2.47. The Hall–Kier alpha value is -3.82. The van der Waals surface area contributed by atoms with Crippen LogP contribution in [0.5, 0.6) is 0 Å². The van der Waals surface area contributed by atoms with Crippen molar-refractivity contribution < 1.29 is 4.79 Å². The standard InChI is InChI=1S/C35H44N8O/c1-40-20-22-42(23-21-40)35(44)28-14-12-27(13-15-28)32-38-33(31-34(39-32)43(25-36-31)30-10-6-3-7-11-30)37-29-16-18-41(19-17-29)24-26-8-4-2-5-9-26/h2,4-5,8-9,12-15,25,29-30H,3,6-7,10-11,16-24H2,1H3,(H,37,38,39). The molecule has 0 bridgehead atoms. The Morgan fingerprint density at radius 1 is 0.841 bits per heavy atom. The molecule has 0 spiro atoms. The van der Waals surface area contributed by atoms with Crippen LogP contribution in [-0.2, 0) is 6.54 Å². The average Bonchev–Trinajstić information content (AvgIpc) is 3.51. The zero-order chi connectivity index (χ0) is 29.9. The zero-order valence-electron chi connectivity index (χ0n) is 25.9. The molecule has 3 aliphatic rings. The minimum absolute atomic E-state index is 0.0948. The van der Waals surface area contributed by atoms with Crippen LogP contribution in [0.4, 0.5) is 5.82 Å².